The molecule has 0 saturated heterocycles. The number of nitrogens with zero attached hydrogens (tertiary/aromatic N) is 2. The Morgan fingerprint density at radius 2 is 2.17 bits per heavy atom. The van der Waals surface area contributed by atoms with Gasteiger partial charge < -0.3 is 9.47 Å². The molecule has 1 aliphatic rings. The van der Waals surface area contributed by atoms with E-state index >= 15 is 0 Å². The van der Waals surface area contributed by atoms with Gasteiger partial charge in [0.2, 0.25) is 0 Å². The van der Waals surface area contributed by atoms with Crippen LogP contribution in [0.1, 0.15) is 11.1 Å². The summed E-state index contributed by atoms with van der Waals surface area (Å²) in [6, 6.07) is 3.85. The summed E-state index contributed by atoms with van der Waals surface area (Å²) in [5.74, 6) is 1.36. The van der Waals surface area contributed by atoms with Crippen molar-refractivity contribution in [2.45, 2.75) is 13.5 Å². The summed E-state index contributed by atoms with van der Waals surface area (Å²) in [6.45, 7) is 3.79. The second-order valence-corrected chi connectivity index (χ2v) is 4.72. The molecule has 5 heteroatoms. The van der Waals surface area contributed by atoms with Gasteiger partial charge in [-0.25, -0.2) is 0 Å². The third-order valence-corrected chi connectivity index (χ3v) is 3.04. The molecule has 0 amide bonds. The molecule has 0 N–H and O–H groups in total. The molecule has 0 fully saturated rings. The van der Waals surface area contributed by atoms with Crippen LogP contribution in [0.3, 0.4) is 0 Å². The zero-order valence-electron chi connectivity index (χ0n) is 10.0. The van der Waals surface area contributed by atoms with E-state index in [2.05, 4.69) is 5.10 Å². The lowest BCUT2D eigenvalue weighted by Gasteiger charge is -2.20. The highest BCUT2D eigenvalue weighted by molar-refractivity contribution is 6.32. The molecule has 1 aromatic carbocycles. The summed E-state index contributed by atoms with van der Waals surface area (Å²) in [7, 11) is 0. The van der Waals surface area contributed by atoms with E-state index in [1.54, 1.807) is 0 Å². The number of aryl methyl sites for hydroxylation is 1. The van der Waals surface area contributed by atoms with E-state index in [1.165, 1.54) is 0 Å². The van der Waals surface area contributed by atoms with Gasteiger partial charge in [0.25, 0.3) is 0 Å². The Labute approximate surface area is 110 Å². The number of halogens is 1. The standard InChI is InChI=1S/C13H13ClN2O2/c1-9-6-15-16(7-9)8-10-4-11(14)13-12(5-10)17-2-3-18-13/h4-7H,2-3,8H2,1H3. The SMILES string of the molecule is Cc1cnn(Cc2cc(Cl)c3c(c2)OCCO3)c1. The van der Waals surface area contributed by atoms with Crippen molar-refractivity contribution < 1.29 is 9.47 Å². The molecule has 94 valence electrons. The zero-order chi connectivity index (χ0) is 12.5. The van der Waals surface area contributed by atoms with Crippen molar-refractivity contribution in [3.63, 3.8) is 0 Å². The first-order valence-electron chi connectivity index (χ1n) is 5.79. The van der Waals surface area contributed by atoms with Gasteiger partial charge in [0.15, 0.2) is 11.5 Å². The van der Waals surface area contributed by atoms with Crippen molar-refractivity contribution in [3.8, 4) is 11.5 Å². The first-order valence-corrected chi connectivity index (χ1v) is 6.17. The van der Waals surface area contributed by atoms with E-state index in [0.29, 0.717) is 36.3 Å². The highest BCUT2D eigenvalue weighted by Crippen LogP contribution is 2.38. The van der Waals surface area contributed by atoms with Crippen LogP contribution in [0.5, 0.6) is 11.5 Å². The fourth-order valence-corrected chi connectivity index (χ4v) is 2.28. The van der Waals surface area contributed by atoms with Crippen LogP contribution in [0.25, 0.3) is 0 Å². The normalized spacial score (nSPS) is 13.7. The first-order chi connectivity index (χ1) is 8.72. The van der Waals surface area contributed by atoms with Crippen LogP contribution in [-0.2, 0) is 6.54 Å². The van der Waals surface area contributed by atoms with Gasteiger partial charge in [-0.2, -0.15) is 5.10 Å². The number of hydrogen-bond donors (Lipinski definition) is 0. The van der Waals surface area contributed by atoms with E-state index in [1.807, 2.05) is 36.1 Å². The van der Waals surface area contributed by atoms with Crippen LogP contribution in [0, 0.1) is 6.92 Å². The second kappa shape index (κ2) is 4.53. The Morgan fingerprint density at radius 3 is 2.94 bits per heavy atom. The maximum Gasteiger partial charge on any atom is 0.179 e. The van der Waals surface area contributed by atoms with Gasteiger partial charge in [-0.1, -0.05) is 11.6 Å². The predicted octanol–water partition coefficient (Wildman–Crippen LogP) is 2.66. The highest BCUT2D eigenvalue weighted by Gasteiger charge is 2.16. The van der Waals surface area contributed by atoms with E-state index < -0.39 is 0 Å². The molecule has 0 radical (unpaired) electrons. The number of ether oxygens (including phenoxy) is 2. The van der Waals surface area contributed by atoms with Gasteiger partial charge in [-0.15, -0.1) is 0 Å². The Hall–Kier alpha value is -1.68. The Morgan fingerprint density at radius 1 is 1.33 bits per heavy atom. The molecule has 0 saturated carbocycles. The summed E-state index contributed by atoms with van der Waals surface area (Å²) in [6.07, 6.45) is 3.82. The van der Waals surface area contributed by atoms with Gasteiger partial charge in [0, 0.05) is 6.20 Å². The molecule has 1 aromatic heterocycles. The monoisotopic (exact) mass is 264 g/mol. The number of aromatic nitrogens is 2. The minimum absolute atomic E-state index is 0.546. The van der Waals surface area contributed by atoms with Crippen LogP contribution in [0.4, 0.5) is 0 Å². The average molecular weight is 265 g/mol. The van der Waals surface area contributed by atoms with Crippen LogP contribution in [0.15, 0.2) is 24.5 Å². The van der Waals surface area contributed by atoms with Gasteiger partial charge in [0.05, 0.1) is 17.8 Å². The summed E-state index contributed by atoms with van der Waals surface area (Å²) in [5, 5.41) is 4.84. The Kier molecular flexibility index (Phi) is 2.88. The molecule has 2 aromatic rings. The van der Waals surface area contributed by atoms with Crippen molar-refractivity contribution in [3.05, 3.63) is 40.7 Å². The number of rotatable bonds is 2. The summed E-state index contributed by atoms with van der Waals surface area (Å²) in [5.41, 5.74) is 2.19. The molecule has 4 nitrogen and oxygen atoms in total. The topological polar surface area (TPSA) is 36.3 Å². The van der Waals surface area contributed by atoms with Crippen LogP contribution < -0.4 is 9.47 Å². The smallest absolute Gasteiger partial charge is 0.179 e. The van der Waals surface area contributed by atoms with Crippen molar-refractivity contribution in [2.75, 3.05) is 13.2 Å². The van der Waals surface area contributed by atoms with E-state index in [0.717, 1.165) is 11.1 Å². The number of hydrogen-bond acceptors (Lipinski definition) is 3. The molecule has 0 spiro atoms. The number of fused-ring (bicyclic) bond motifs is 1. The van der Waals surface area contributed by atoms with Gasteiger partial charge >= 0.3 is 0 Å². The van der Waals surface area contributed by atoms with Gasteiger partial charge in [0.1, 0.15) is 13.2 Å². The van der Waals surface area contributed by atoms with Crippen molar-refractivity contribution in [1.29, 1.82) is 0 Å². The minimum Gasteiger partial charge on any atom is -0.486 e. The number of benzene rings is 1. The van der Waals surface area contributed by atoms with E-state index in [9.17, 15) is 0 Å². The minimum atomic E-state index is 0.546. The molecule has 1 aliphatic heterocycles. The largest absolute Gasteiger partial charge is 0.486 e. The van der Waals surface area contributed by atoms with Crippen molar-refractivity contribution in [2.24, 2.45) is 0 Å². The second-order valence-electron chi connectivity index (χ2n) is 4.32. The fraction of sp³-hybridized carbons (Fsp3) is 0.308. The van der Waals surface area contributed by atoms with Gasteiger partial charge in [-0.05, 0) is 30.2 Å². The first kappa shape index (κ1) is 11.4. The predicted molar refractivity (Wildman–Crippen MR) is 68.5 cm³/mol. The lowest BCUT2D eigenvalue weighted by atomic mass is 10.2. The molecule has 3 rings (SSSR count). The van der Waals surface area contributed by atoms with Crippen molar-refractivity contribution >= 4 is 11.6 Å². The molecule has 18 heavy (non-hydrogen) atoms. The third-order valence-electron chi connectivity index (χ3n) is 2.76. The maximum atomic E-state index is 6.18. The molecule has 0 unspecified atom stereocenters. The molecular weight excluding hydrogens is 252 g/mol. The summed E-state index contributed by atoms with van der Waals surface area (Å²) < 4.78 is 12.9. The highest BCUT2D eigenvalue weighted by atomic mass is 35.5. The summed E-state index contributed by atoms with van der Waals surface area (Å²) in [4.78, 5) is 0. The maximum absolute atomic E-state index is 6.18. The Balaban J connectivity index is 1.91. The average Bonchev–Trinajstić information content (AvgIpc) is 2.75. The summed E-state index contributed by atoms with van der Waals surface area (Å²) >= 11 is 6.18. The molecule has 0 atom stereocenters. The quantitative estimate of drug-likeness (QED) is 0.837. The fourth-order valence-electron chi connectivity index (χ4n) is 2.00. The van der Waals surface area contributed by atoms with Gasteiger partial charge in [-0.3, -0.25) is 4.68 Å². The lowest BCUT2D eigenvalue weighted by molar-refractivity contribution is 0.171. The van der Waals surface area contributed by atoms with Crippen molar-refractivity contribution in [1.82, 2.24) is 9.78 Å². The molecule has 2 heterocycles. The molecule has 0 aliphatic carbocycles. The van der Waals surface area contributed by atoms with Crippen LogP contribution >= 0.6 is 11.6 Å². The van der Waals surface area contributed by atoms with E-state index in [4.69, 9.17) is 21.1 Å². The Bertz CT molecular complexity index is 580. The van der Waals surface area contributed by atoms with E-state index in [-0.39, 0.29) is 0 Å². The zero-order valence-corrected chi connectivity index (χ0v) is 10.8. The molecular formula is C13H13ClN2O2. The third kappa shape index (κ3) is 2.16. The lowest BCUT2D eigenvalue weighted by Crippen LogP contribution is -2.16. The van der Waals surface area contributed by atoms with Crippen LogP contribution in [0.2, 0.25) is 5.02 Å². The molecule has 0 bridgehead atoms. The van der Waals surface area contributed by atoms with Crippen LogP contribution in [-0.4, -0.2) is 23.0 Å².